The van der Waals surface area contributed by atoms with Crippen molar-refractivity contribution in [3.63, 3.8) is 0 Å². The van der Waals surface area contributed by atoms with Crippen molar-refractivity contribution in [1.82, 2.24) is 4.57 Å². The van der Waals surface area contributed by atoms with Crippen molar-refractivity contribution in [2.45, 2.75) is 6.92 Å². The Kier molecular flexibility index (Phi) is 2.29. The number of nitrogens with two attached hydrogens (primary N) is 1. The number of benzene rings is 1. The molecule has 1 aromatic carbocycles. The SMILES string of the molecule is Cc1cc(N)ccc1-n1ccccc1=O. The van der Waals surface area contributed by atoms with Gasteiger partial charge in [-0.3, -0.25) is 9.36 Å². The summed E-state index contributed by atoms with van der Waals surface area (Å²) in [5, 5.41) is 0. The average molecular weight is 200 g/mol. The monoisotopic (exact) mass is 200 g/mol. The van der Waals surface area contributed by atoms with Crippen LogP contribution in [0.1, 0.15) is 5.56 Å². The van der Waals surface area contributed by atoms with Crippen LogP contribution in [0.25, 0.3) is 5.69 Å². The van der Waals surface area contributed by atoms with E-state index in [1.807, 2.05) is 25.1 Å². The molecule has 0 spiro atoms. The van der Waals surface area contributed by atoms with E-state index in [1.165, 1.54) is 6.07 Å². The zero-order valence-corrected chi connectivity index (χ0v) is 8.47. The number of nitrogen functional groups attached to an aromatic ring is 1. The van der Waals surface area contributed by atoms with Crippen molar-refractivity contribution < 1.29 is 0 Å². The highest BCUT2D eigenvalue weighted by atomic mass is 16.1. The van der Waals surface area contributed by atoms with Gasteiger partial charge in [0.1, 0.15) is 0 Å². The van der Waals surface area contributed by atoms with Gasteiger partial charge in [0.15, 0.2) is 0 Å². The van der Waals surface area contributed by atoms with Crippen LogP contribution in [-0.2, 0) is 0 Å². The topological polar surface area (TPSA) is 48.0 Å². The molecule has 3 nitrogen and oxygen atoms in total. The lowest BCUT2D eigenvalue weighted by Gasteiger charge is -2.08. The van der Waals surface area contributed by atoms with E-state index >= 15 is 0 Å². The fourth-order valence-corrected chi connectivity index (χ4v) is 1.58. The highest BCUT2D eigenvalue weighted by Crippen LogP contribution is 2.15. The first kappa shape index (κ1) is 9.52. The van der Waals surface area contributed by atoms with Crippen LogP contribution in [0, 0.1) is 6.92 Å². The molecule has 0 aliphatic heterocycles. The first-order valence-electron chi connectivity index (χ1n) is 4.72. The molecule has 2 aromatic rings. The second kappa shape index (κ2) is 3.61. The number of aromatic nitrogens is 1. The Labute approximate surface area is 87.8 Å². The molecule has 15 heavy (non-hydrogen) atoms. The summed E-state index contributed by atoms with van der Waals surface area (Å²) in [4.78, 5) is 11.6. The van der Waals surface area contributed by atoms with Gasteiger partial charge in [-0.05, 0) is 36.8 Å². The number of anilines is 1. The molecule has 3 heteroatoms. The van der Waals surface area contributed by atoms with Crippen molar-refractivity contribution in [1.29, 1.82) is 0 Å². The molecule has 1 heterocycles. The predicted molar refractivity (Wildman–Crippen MR) is 61.2 cm³/mol. The number of hydrogen-bond donors (Lipinski definition) is 1. The molecule has 76 valence electrons. The Morgan fingerprint density at radius 2 is 2.00 bits per heavy atom. The Morgan fingerprint density at radius 1 is 1.20 bits per heavy atom. The van der Waals surface area contributed by atoms with E-state index in [-0.39, 0.29) is 5.56 Å². The number of aryl methyl sites for hydroxylation is 1. The van der Waals surface area contributed by atoms with Crippen LogP contribution >= 0.6 is 0 Å². The molecule has 0 unspecified atom stereocenters. The van der Waals surface area contributed by atoms with E-state index in [9.17, 15) is 4.79 Å². The summed E-state index contributed by atoms with van der Waals surface area (Å²) >= 11 is 0. The molecule has 0 aliphatic carbocycles. The van der Waals surface area contributed by atoms with Crippen LogP contribution in [-0.4, -0.2) is 4.57 Å². The second-order valence-corrected chi connectivity index (χ2v) is 3.45. The maximum Gasteiger partial charge on any atom is 0.255 e. The van der Waals surface area contributed by atoms with Gasteiger partial charge < -0.3 is 5.73 Å². The van der Waals surface area contributed by atoms with Crippen molar-refractivity contribution in [3.8, 4) is 5.69 Å². The summed E-state index contributed by atoms with van der Waals surface area (Å²) < 4.78 is 1.61. The lowest BCUT2D eigenvalue weighted by molar-refractivity contribution is 0.978. The maximum atomic E-state index is 11.6. The van der Waals surface area contributed by atoms with E-state index in [1.54, 1.807) is 22.9 Å². The van der Waals surface area contributed by atoms with Crippen molar-refractivity contribution in [2.24, 2.45) is 0 Å². The summed E-state index contributed by atoms with van der Waals surface area (Å²) in [6, 6.07) is 10.6. The average Bonchev–Trinajstić information content (AvgIpc) is 2.20. The molecule has 0 amide bonds. The molecule has 0 saturated carbocycles. The fourth-order valence-electron chi connectivity index (χ4n) is 1.58. The lowest BCUT2D eigenvalue weighted by Crippen LogP contribution is -2.16. The van der Waals surface area contributed by atoms with E-state index in [0.29, 0.717) is 5.69 Å². The van der Waals surface area contributed by atoms with Gasteiger partial charge in [0.05, 0.1) is 5.69 Å². The third kappa shape index (κ3) is 1.76. The first-order valence-corrected chi connectivity index (χ1v) is 4.72. The Balaban J connectivity index is 2.65. The molecule has 0 saturated heterocycles. The molecule has 2 rings (SSSR count). The van der Waals surface area contributed by atoms with Gasteiger partial charge in [-0.2, -0.15) is 0 Å². The lowest BCUT2D eigenvalue weighted by atomic mass is 10.2. The molecule has 0 atom stereocenters. The van der Waals surface area contributed by atoms with Crippen LogP contribution in [0.2, 0.25) is 0 Å². The zero-order chi connectivity index (χ0) is 10.8. The number of pyridine rings is 1. The highest BCUT2D eigenvalue weighted by molar-refractivity contribution is 5.50. The van der Waals surface area contributed by atoms with Gasteiger partial charge in [0, 0.05) is 18.0 Å². The predicted octanol–water partition coefficient (Wildman–Crippen LogP) is 1.73. The van der Waals surface area contributed by atoms with Gasteiger partial charge in [0.2, 0.25) is 0 Å². The van der Waals surface area contributed by atoms with Crippen LogP contribution in [0.3, 0.4) is 0 Å². The third-order valence-electron chi connectivity index (χ3n) is 2.30. The highest BCUT2D eigenvalue weighted by Gasteiger charge is 2.01. The summed E-state index contributed by atoms with van der Waals surface area (Å²) in [6.45, 7) is 1.94. The van der Waals surface area contributed by atoms with Gasteiger partial charge >= 0.3 is 0 Å². The fraction of sp³-hybridized carbons (Fsp3) is 0.0833. The summed E-state index contributed by atoms with van der Waals surface area (Å²) in [5.41, 5.74) is 8.19. The molecule has 0 bridgehead atoms. The summed E-state index contributed by atoms with van der Waals surface area (Å²) in [7, 11) is 0. The molecule has 0 radical (unpaired) electrons. The number of rotatable bonds is 1. The molecule has 2 N–H and O–H groups in total. The second-order valence-electron chi connectivity index (χ2n) is 3.45. The standard InChI is InChI=1S/C12H12N2O/c1-9-8-10(13)5-6-11(9)14-7-3-2-4-12(14)15/h2-8H,13H2,1H3. The van der Waals surface area contributed by atoms with Crippen molar-refractivity contribution in [2.75, 3.05) is 5.73 Å². The molecule has 0 fully saturated rings. The van der Waals surface area contributed by atoms with E-state index in [2.05, 4.69) is 0 Å². The Bertz CT molecular complexity index is 543. The van der Waals surface area contributed by atoms with Crippen LogP contribution < -0.4 is 11.3 Å². The molecule has 1 aromatic heterocycles. The van der Waals surface area contributed by atoms with Crippen LogP contribution in [0.4, 0.5) is 5.69 Å². The summed E-state index contributed by atoms with van der Waals surface area (Å²) in [6.07, 6.45) is 1.75. The van der Waals surface area contributed by atoms with E-state index < -0.39 is 0 Å². The minimum atomic E-state index is -0.0367. The normalized spacial score (nSPS) is 10.2. The quantitative estimate of drug-likeness (QED) is 0.712. The van der Waals surface area contributed by atoms with Gasteiger partial charge in [-0.1, -0.05) is 6.07 Å². The van der Waals surface area contributed by atoms with Gasteiger partial charge in [0.25, 0.3) is 5.56 Å². The van der Waals surface area contributed by atoms with E-state index in [4.69, 9.17) is 5.73 Å². The maximum absolute atomic E-state index is 11.6. The molecule has 0 aliphatic rings. The van der Waals surface area contributed by atoms with Crippen molar-refractivity contribution in [3.05, 3.63) is 58.5 Å². The third-order valence-corrected chi connectivity index (χ3v) is 2.30. The molecular formula is C12H12N2O. The largest absolute Gasteiger partial charge is 0.399 e. The van der Waals surface area contributed by atoms with Gasteiger partial charge in [-0.25, -0.2) is 0 Å². The smallest absolute Gasteiger partial charge is 0.255 e. The molecular weight excluding hydrogens is 188 g/mol. The Morgan fingerprint density at radius 3 is 2.67 bits per heavy atom. The minimum Gasteiger partial charge on any atom is -0.399 e. The number of hydrogen-bond acceptors (Lipinski definition) is 2. The Hall–Kier alpha value is -2.03. The number of nitrogens with zero attached hydrogens (tertiary/aromatic N) is 1. The van der Waals surface area contributed by atoms with E-state index in [0.717, 1.165) is 11.3 Å². The summed E-state index contributed by atoms with van der Waals surface area (Å²) in [5.74, 6) is 0. The van der Waals surface area contributed by atoms with Gasteiger partial charge in [-0.15, -0.1) is 0 Å². The van der Waals surface area contributed by atoms with Crippen LogP contribution in [0.15, 0.2) is 47.4 Å². The van der Waals surface area contributed by atoms with Crippen LogP contribution in [0.5, 0.6) is 0 Å². The zero-order valence-electron chi connectivity index (χ0n) is 8.47. The minimum absolute atomic E-state index is 0.0367. The first-order chi connectivity index (χ1) is 7.18. The van der Waals surface area contributed by atoms with Crippen molar-refractivity contribution >= 4 is 5.69 Å².